The minimum atomic E-state index is 0.185. The number of pyridine rings is 1. The molecule has 5 rings (SSSR count). The summed E-state index contributed by atoms with van der Waals surface area (Å²) in [5.41, 5.74) is 4.57. The normalized spacial score (nSPS) is 17.6. The SMILES string of the molecule is Clc1c(-c2ccc(-n3cccn3)cc2)cnc2c1C1(CCCC1)CN2. The van der Waals surface area contributed by atoms with Gasteiger partial charge in [-0.2, -0.15) is 5.10 Å². The first-order chi connectivity index (χ1) is 12.3. The Labute approximate surface area is 151 Å². The van der Waals surface area contributed by atoms with Crippen molar-refractivity contribution in [3.05, 3.63) is 59.5 Å². The largest absolute Gasteiger partial charge is 0.369 e. The number of anilines is 1. The molecule has 4 nitrogen and oxygen atoms in total. The third-order valence-electron chi connectivity index (χ3n) is 5.65. The molecular weight excluding hydrogens is 332 g/mol. The lowest BCUT2D eigenvalue weighted by Crippen LogP contribution is -2.24. The first kappa shape index (κ1) is 15.0. The molecule has 0 saturated heterocycles. The first-order valence-corrected chi connectivity index (χ1v) is 9.18. The Morgan fingerprint density at radius 3 is 2.64 bits per heavy atom. The molecule has 1 N–H and O–H groups in total. The van der Waals surface area contributed by atoms with E-state index >= 15 is 0 Å². The van der Waals surface area contributed by atoms with E-state index in [2.05, 4.69) is 39.7 Å². The number of rotatable bonds is 2. The number of nitrogens with one attached hydrogen (secondary N) is 1. The van der Waals surface area contributed by atoms with Gasteiger partial charge in [0, 0.05) is 41.7 Å². The molecule has 1 aromatic carbocycles. The van der Waals surface area contributed by atoms with Gasteiger partial charge in [0.25, 0.3) is 0 Å². The zero-order valence-electron chi connectivity index (χ0n) is 13.9. The molecule has 1 aliphatic heterocycles. The Kier molecular flexibility index (Phi) is 3.35. The zero-order valence-corrected chi connectivity index (χ0v) is 14.6. The molecule has 0 bridgehead atoms. The Morgan fingerprint density at radius 1 is 1.12 bits per heavy atom. The Morgan fingerprint density at radius 2 is 1.92 bits per heavy atom. The van der Waals surface area contributed by atoms with Crippen molar-refractivity contribution in [3.8, 4) is 16.8 Å². The number of halogens is 1. The van der Waals surface area contributed by atoms with Gasteiger partial charge in [-0.3, -0.25) is 0 Å². The van der Waals surface area contributed by atoms with Gasteiger partial charge in [0.05, 0.1) is 10.7 Å². The molecule has 1 fully saturated rings. The second-order valence-electron chi connectivity index (χ2n) is 7.05. The van der Waals surface area contributed by atoms with Crippen LogP contribution in [0.5, 0.6) is 0 Å². The standard InChI is InChI=1S/C20H19ClN4/c21-18-16(14-4-6-15(7-5-14)25-11-3-10-24-25)12-22-19-17(18)20(13-23-19)8-1-2-9-20/h3-7,10-12H,1-2,8-9,13H2,(H,22,23). The summed E-state index contributed by atoms with van der Waals surface area (Å²) in [5.74, 6) is 0.976. The molecule has 3 aromatic rings. The highest BCUT2D eigenvalue weighted by Gasteiger charge is 2.44. The summed E-state index contributed by atoms with van der Waals surface area (Å²) >= 11 is 6.90. The minimum absolute atomic E-state index is 0.185. The van der Waals surface area contributed by atoms with Gasteiger partial charge in [-0.15, -0.1) is 0 Å². The van der Waals surface area contributed by atoms with Crippen molar-refractivity contribution < 1.29 is 0 Å². The van der Waals surface area contributed by atoms with E-state index in [-0.39, 0.29) is 5.41 Å². The van der Waals surface area contributed by atoms with Crippen molar-refractivity contribution in [3.63, 3.8) is 0 Å². The third kappa shape index (κ3) is 2.28. The highest BCUT2D eigenvalue weighted by molar-refractivity contribution is 6.34. The molecule has 0 radical (unpaired) electrons. The van der Waals surface area contributed by atoms with Crippen LogP contribution in [-0.4, -0.2) is 21.3 Å². The molecule has 3 heterocycles. The van der Waals surface area contributed by atoms with Crippen molar-refractivity contribution in [2.75, 3.05) is 11.9 Å². The smallest absolute Gasteiger partial charge is 0.131 e. The second-order valence-corrected chi connectivity index (χ2v) is 7.43. The Hall–Kier alpha value is -2.33. The van der Waals surface area contributed by atoms with Crippen molar-refractivity contribution in [1.82, 2.24) is 14.8 Å². The van der Waals surface area contributed by atoms with Crippen LogP contribution in [0.1, 0.15) is 31.2 Å². The third-order valence-corrected chi connectivity index (χ3v) is 6.04. The lowest BCUT2D eigenvalue weighted by molar-refractivity contribution is 0.489. The van der Waals surface area contributed by atoms with Gasteiger partial charge in [-0.25, -0.2) is 9.67 Å². The van der Waals surface area contributed by atoms with Crippen LogP contribution in [0.15, 0.2) is 48.9 Å². The predicted octanol–water partition coefficient (Wildman–Crippen LogP) is 4.83. The van der Waals surface area contributed by atoms with Crippen LogP contribution in [0.3, 0.4) is 0 Å². The second kappa shape index (κ2) is 5.60. The minimum Gasteiger partial charge on any atom is -0.369 e. The van der Waals surface area contributed by atoms with Gasteiger partial charge in [0.2, 0.25) is 0 Å². The Balaban J connectivity index is 1.57. The summed E-state index contributed by atoms with van der Waals surface area (Å²) in [6.45, 7) is 0.969. The summed E-state index contributed by atoms with van der Waals surface area (Å²) in [4.78, 5) is 4.67. The summed E-state index contributed by atoms with van der Waals surface area (Å²) in [6.07, 6.45) is 10.6. The molecule has 126 valence electrons. The molecule has 1 saturated carbocycles. The van der Waals surface area contributed by atoms with Gasteiger partial charge >= 0.3 is 0 Å². The van der Waals surface area contributed by atoms with Crippen LogP contribution in [0.4, 0.5) is 5.82 Å². The number of benzene rings is 1. The predicted molar refractivity (Wildman–Crippen MR) is 100 cm³/mol. The van der Waals surface area contributed by atoms with Gasteiger partial charge in [-0.05, 0) is 36.6 Å². The molecule has 2 aromatic heterocycles. The van der Waals surface area contributed by atoms with Gasteiger partial charge in [0.15, 0.2) is 0 Å². The highest BCUT2D eigenvalue weighted by atomic mass is 35.5. The highest BCUT2D eigenvalue weighted by Crippen LogP contribution is 2.51. The van der Waals surface area contributed by atoms with Crippen LogP contribution in [-0.2, 0) is 5.41 Å². The molecule has 5 heteroatoms. The molecule has 0 amide bonds. The van der Waals surface area contributed by atoms with Crippen LogP contribution in [0.25, 0.3) is 16.8 Å². The maximum atomic E-state index is 6.90. The summed E-state index contributed by atoms with van der Waals surface area (Å²) < 4.78 is 1.85. The van der Waals surface area contributed by atoms with Crippen molar-refractivity contribution in [1.29, 1.82) is 0 Å². The average molecular weight is 351 g/mol. The van der Waals surface area contributed by atoms with Crippen LogP contribution < -0.4 is 5.32 Å². The number of aromatic nitrogens is 3. The maximum Gasteiger partial charge on any atom is 0.131 e. The number of hydrogen-bond donors (Lipinski definition) is 1. The molecule has 25 heavy (non-hydrogen) atoms. The van der Waals surface area contributed by atoms with Gasteiger partial charge < -0.3 is 5.32 Å². The first-order valence-electron chi connectivity index (χ1n) is 8.80. The molecular formula is C20H19ClN4. The van der Waals surface area contributed by atoms with E-state index in [1.807, 2.05) is 23.1 Å². The van der Waals surface area contributed by atoms with Crippen LogP contribution in [0.2, 0.25) is 5.02 Å². The van der Waals surface area contributed by atoms with Crippen molar-refractivity contribution in [2.24, 2.45) is 0 Å². The fraction of sp³-hybridized carbons (Fsp3) is 0.300. The number of hydrogen-bond acceptors (Lipinski definition) is 3. The van der Waals surface area contributed by atoms with E-state index in [0.717, 1.165) is 34.2 Å². The lowest BCUT2D eigenvalue weighted by Gasteiger charge is -2.24. The quantitative estimate of drug-likeness (QED) is 0.720. The van der Waals surface area contributed by atoms with E-state index in [4.69, 9.17) is 11.6 Å². The van der Waals surface area contributed by atoms with Crippen LogP contribution in [0, 0.1) is 0 Å². The lowest BCUT2D eigenvalue weighted by atomic mass is 9.80. The fourth-order valence-corrected chi connectivity index (χ4v) is 4.79. The van der Waals surface area contributed by atoms with Crippen molar-refractivity contribution >= 4 is 17.4 Å². The monoisotopic (exact) mass is 350 g/mol. The van der Waals surface area contributed by atoms with E-state index in [9.17, 15) is 0 Å². The molecule has 2 aliphatic rings. The topological polar surface area (TPSA) is 42.7 Å². The van der Waals surface area contributed by atoms with E-state index in [0.29, 0.717) is 0 Å². The fourth-order valence-electron chi connectivity index (χ4n) is 4.34. The van der Waals surface area contributed by atoms with Gasteiger partial charge in [-0.1, -0.05) is 36.6 Å². The number of fused-ring (bicyclic) bond motifs is 2. The number of nitrogens with zero attached hydrogens (tertiary/aromatic N) is 3. The maximum absolute atomic E-state index is 6.90. The summed E-state index contributed by atoms with van der Waals surface area (Å²) in [6, 6.07) is 10.2. The zero-order chi connectivity index (χ0) is 16.9. The summed E-state index contributed by atoms with van der Waals surface area (Å²) in [5, 5.41) is 8.61. The average Bonchev–Trinajstić information content (AvgIpc) is 3.39. The summed E-state index contributed by atoms with van der Waals surface area (Å²) in [7, 11) is 0. The van der Waals surface area contributed by atoms with Crippen LogP contribution >= 0.6 is 11.6 Å². The van der Waals surface area contributed by atoms with Crippen molar-refractivity contribution in [2.45, 2.75) is 31.1 Å². The van der Waals surface area contributed by atoms with E-state index in [1.165, 1.54) is 31.2 Å². The molecule has 1 aliphatic carbocycles. The Bertz CT molecular complexity index is 910. The molecule has 0 atom stereocenters. The van der Waals surface area contributed by atoms with Gasteiger partial charge in [0.1, 0.15) is 5.82 Å². The molecule has 1 spiro atoms. The van der Waals surface area contributed by atoms with E-state index < -0.39 is 0 Å². The molecule has 0 unspecified atom stereocenters. The van der Waals surface area contributed by atoms with E-state index in [1.54, 1.807) is 6.20 Å².